The van der Waals surface area contributed by atoms with E-state index in [1.165, 1.54) is 12.5 Å². The summed E-state index contributed by atoms with van der Waals surface area (Å²) in [6.45, 7) is 8.64. The molecular formula is C15H23BrFN. The zero-order valence-corrected chi connectivity index (χ0v) is 13.2. The lowest BCUT2D eigenvalue weighted by Gasteiger charge is -2.23. The van der Waals surface area contributed by atoms with Gasteiger partial charge < -0.3 is 5.32 Å². The maximum Gasteiger partial charge on any atom is 0.129 e. The summed E-state index contributed by atoms with van der Waals surface area (Å²) in [6.07, 6.45) is 2.31. The van der Waals surface area contributed by atoms with Crippen molar-refractivity contribution in [1.82, 2.24) is 5.32 Å². The molecule has 1 rings (SSSR count). The zero-order chi connectivity index (χ0) is 13.7. The summed E-state index contributed by atoms with van der Waals surface area (Å²) in [7, 11) is 0. The lowest BCUT2D eigenvalue weighted by molar-refractivity contribution is 0.381. The SMILES string of the molecule is CCC(C)CC(C)NC(C)c1ccc(Br)cc1F. The normalized spacial score (nSPS) is 16.3. The molecule has 3 atom stereocenters. The molecule has 0 spiro atoms. The molecule has 18 heavy (non-hydrogen) atoms. The molecule has 0 saturated carbocycles. The van der Waals surface area contributed by atoms with Crippen molar-refractivity contribution in [3.05, 3.63) is 34.1 Å². The van der Waals surface area contributed by atoms with E-state index in [-0.39, 0.29) is 11.9 Å². The van der Waals surface area contributed by atoms with Crippen LogP contribution < -0.4 is 5.32 Å². The van der Waals surface area contributed by atoms with Crippen molar-refractivity contribution in [2.75, 3.05) is 0 Å². The summed E-state index contributed by atoms with van der Waals surface area (Å²) in [4.78, 5) is 0. The first-order valence-corrected chi connectivity index (χ1v) is 7.44. The highest BCUT2D eigenvalue weighted by Gasteiger charge is 2.14. The number of nitrogens with one attached hydrogen (secondary N) is 1. The van der Waals surface area contributed by atoms with E-state index in [4.69, 9.17) is 0 Å². The van der Waals surface area contributed by atoms with E-state index in [9.17, 15) is 4.39 Å². The first kappa shape index (κ1) is 15.6. The average molecular weight is 316 g/mol. The average Bonchev–Trinajstić information content (AvgIpc) is 2.28. The number of halogens is 2. The van der Waals surface area contributed by atoms with Gasteiger partial charge in [-0.05, 0) is 38.3 Å². The summed E-state index contributed by atoms with van der Waals surface area (Å²) in [5.41, 5.74) is 0.731. The Balaban J connectivity index is 2.61. The van der Waals surface area contributed by atoms with Gasteiger partial charge in [-0.3, -0.25) is 0 Å². The number of hydrogen-bond acceptors (Lipinski definition) is 1. The van der Waals surface area contributed by atoms with E-state index in [0.29, 0.717) is 12.0 Å². The molecule has 0 radical (unpaired) electrons. The van der Waals surface area contributed by atoms with Crippen molar-refractivity contribution in [2.24, 2.45) is 5.92 Å². The van der Waals surface area contributed by atoms with E-state index in [1.807, 2.05) is 19.1 Å². The van der Waals surface area contributed by atoms with Crippen molar-refractivity contribution in [3.63, 3.8) is 0 Å². The molecular weight excluding hydrogens is 293 g/mol. The van der Waals surface area contributed by atoms with Gasteiger partial charge in [0.1, 0.15) is 5.82 Å². The fourth-order valence-electron chi connectivity index (χ4n) is 2.21. The maximum absolute atomic E-state index is 13.8. The van der Waals surface area contributed by atoms with Crippen LogP contribution in [0.1, 0.15) is 52.1 Å². The standard InChI is InChI=1S/C15H23BrFN/c1-5-10(2)8-11(3)18-12(4)14-7-6-13(16)9-15(14)17/h6-7,9-12,18H,5,8H2,1-4H3. The van der Waals surface area contributed by atoms with Gasteiger partial charge in [0.15, 0.2) is 0 Å². The molecule has 0 aromatic heterocycles. The Kier molecular flexibility index (Phi) is 6.30. The van der Waals surface area contributed by atoms with Crippen molar-refractivity contribution in [1.29, 1.82) is 0 Å². The van der Waals surface area contributed by atoms with Gasteiger partial charge in [0, 0.05) is 22.1 Å². The van der Waals surface area contributed by atoms with Crippen LogP contribution in [0.2, 0.25) is 0 Å². The molecule has 1 N–H and O–H groups in total. The molecule has 0 fully saturated rings. The van der Waals surface area contributed by atoms with E-state index >= 15 is 0 Å². The van der Waals surface area contributed by atoms with Crippen LogP contribution in [0.5, 0.6) is 0 Å². The monoisotopic (exact) mass is 315 g/mol. The van der Waals surface area contributed by atoms with Crippen LogP contribution in [-0.2, 0) is 0 Å². The quantitative estimate of drug-likeness (QED) is 0.773. The largest absolute Gasteiger partial charge is 0.308 e. The summed E-state index contributed by atoms with van der Waals surface area (Å²) in [5.74, 6) is 0.551. The van der Waals surface area contributed by atoms with Crippen LogP contribution in [0.15, 0.2) is 22.7 Å². The Morgan fingerprint density at radius 1 is 1.28 bits per heavy atom. The van der Waals surface area contributed by atoms with Crippen LogP contribution in [0.4, 0.5) is 4.39 Å². The highest BCUT2D eigenvalue weighted by atomic mass is 79.9. The van der Waals surface area contributed by atoms with Gasteiger partial charge in [-0.1, -0.05) is 42.3 Å². The van der Waals surface area contributed by atoms with E-state index in [2.05, 4.69) is 42.0 Å². The zero-order valence-electron chi connectivity index (χ0n) is 11.6. The molecule has 0 aliphatic carbocycles. The minimum atomic E-state index is -0.153. The van der Waals surface area contributed by atoms with Gasteiger partial charge in [-0.25, -0.2) is 4.39 Å². The van der Waals surface area contributed by atoms with Crippen LogP contribution in [0, 0.1) is 11.7 Å². The van der Waals surface area contributed by atoms with Gasteiger partial charge in [0.05, 0.1) is 0 Å². The first-order valence-electron chi connectivity index (χ1n) is 6.65. The van der Waals surface area contributed by atoms with Crippen LogP contribution >= 0.6 is 15.9 Å². The van der Waals surface area contributed by atoms with E-state index < -0.39 is 0 Å². The Morgan fingerprint density at radius 3 is 2.50 bits per heavy atom. The van der Waals surface area contributed by atoms with Crippen molar-refractivity contribution in [3.8, 4) is 0 Å². The van der Waals surface area contributed by atoms with Gasteiger partial charge in [-0.2, -0.15) is 0 Å². The van der Waals surface area contributed by atoms with Gasteiger partial charge >= 0.3 is 0 Å². The Hall–Kier alpha value is -0.410. The molecule has 0 aliphatic heterocycles. The fourth-order valence-corrected chi connectivity index (χ4v) is 2.54. The second-order valence-electron chi connectivity index (χ2n) is 5.20. The minimum absolute atomic E-state index is 0.0390. The smallest absolute Gasteiger partial charge is 0.129 e. The second kappa shape index (κ2) is 7.25. The highest BCUT2D eigenvalue weighted by Crippen LogP contribution is 2.22. The third-order valence-corrected chi connectivity index (χ3v) is 3.91. The maximum atomic E-state index is 13.8. The second-order valence-corrected chi connectivity index (χ2v) is 6.12. The summed E-state index contributed by atoms with van der Waals surface area (Å²) < 4.78 is 14.6. The van der Waals surface area contributed by atoms with Crippen LogP contribution in [0.3, 0.4) is 0 Å². The molecule has 0 amide bonds. The molecule has 102 valence electrons. The highest BCUT2D eigenvalue weighted by molar-refractivity contribution is 9.10. The Morgan fingerprint density at radius 2 is 1.94 bits per heavy atom. The fraction of sp³-hybridized carbons (Fsp3) is 0.600. The predicted octanol–water partition coefficient (Wildman–Crippen LogP) is 5.06. The van der Waals surface area contributed by atoms with Gasteiger partial charge in [0.25, 0.3) is 0 Å². The Labute approximate surface area is 118 Å². The van der Waals surface area contributed by atoms with Crippen molar-refractivity contribution < 1.29 is 4.39 Å². The predicted molar refractivity (Wildman–Crippen MR) is 79.2 cm³/mol. The van der Waals surface area contributed by atoms with Gasteiger partial charge in [0.2, 0.25) is 0 Å². The molecule has 1 aromatic rings. The third kappa shape index (κ3) is 4.69. The number of hydrogen-bond donors (Lipinski definition) is 1. The number of benzene rings is 1. The van der Waals surface area contributed by atoms with Crippen molar-refractivity contribution >= 4 is 15.9 Å². The molecule has 3 unspecified atom stereocenters. The first-order chi connectivity index (χ1) is 8.43. The summed E-state index contributed by atoms with van der Waals surface area (Å²) in [5, 5.41) is 3.47. The molecule has 0 aliphatic rings. The van der Waals surface area contributed by atoms with Crippen LogP contribution in [0.25, 0.3) is 0 Å². The Bertz CT molecular complexity index is 381. The third-order valence-electron chi connectivity index (χ3n) is 3.42. The molecule has 0 bridgehead atoms. The minimum Gasteiger partial charge on any atom is -0.308 e. The van der Waals surface area contributed by atoms with Crippen LogP contribution in [-0.4, -0.2) is 6.04 Å². The van der Waals surface area contributed by atoms with Gasteiger partial charge in [-0.15, -0.1) is 0 Å². The lowest BCUT2D eigenvalue weighted by Crippen LogP contribution is -2.30. The summed E-state index contributed by atoms with van der Waals surface area (Å²) >= 11 is 3.28. The molecule has 3 heteroatoms. The van der Waals surface area contributed by atoms with E-state index in [1.54, 1.807) is 0 Å². The topological polar surface area (TPSA) is 12.0 Å². The molecule has 0 heterocycles. The molecule has 1 nitrogen and oxygen atoms in total. The number of rotatable bonds is 6. The lowest BCUT2D eigenvalue weighted by atomic mass is 9.99. The molecule has 1 aromatic carbocycles. The summed E-state index contributed by atoms with van der Waals surface area (Å²) in [6, 6.07) is 5.69. The van der Waals surface area contributed by atoms with E-state index in [0.717, 1.165) is 16.5 Å². The van der Waals surface area contributed by atoms with Crippen molar-refractivity contribution in [2.45, 2.75) is 52.6 Å². The molecule has 0 saturated heterocycles.